The summed E-state index contributed by atoms with van der Waals surface area (Å²) in [5, 5.41) is 2.84. The number of aryl methyl sites for hydroxylation is 1. The number of ether oxygens (including phenoxy) is 1. The Kier molecular flexibility index (Phi) is 7.60. The second kappa shape index (κ2) is 10.8. The Balaban J connectivity index is 1.60. The van der Waals surface area contributed by atoms with Crippen LogP contribution in [-0.4, -0.2) is 52.1 Å². The van der Waals surface area contributed by atoms with E-state index in [0.29, 0.717) is 30.1 Å². The fourth-order valence-corrected chi connectivity index (χ4v) is 4.11. The van der Waals surface area contributed by atoms with E-state index in [2.05, 4.69) is 10.3 Å². The van der Waals surface area contributed by atoms with Crippen LogP contribution in [0.15, 0.2) is 54.7 Å². The molecule has 1 N–H and O–H groups in total. The summed E-state index contributed by atoms with van der Waals surface area (Å²) in [6.45, 7) is 6.25. The lowest BCUT2D eigenvalue weighted by molar-refractivity contribution is -0.139. The van der Waals surface area contributed by atoms with E-state index in [9.17, 15) is 14.0 Å². The molecule has 1 saturated heterocycles. The van der Waals surface area contributed by atoms with Crippen molar-refractivity contribution in [2.45, 2.75) is 39.7 Å². The molecule has 1 atom stereocenters. The lowest BCUT2D eigenvalue weighted by atomic mass is 10.1. The van der Waals surface area contributed by atoms with E-state index >= 15 is 0 Å². The summed E-state index contributed by atoms with van der Waals surface area (Å²) in [7, 11) is 0. The van der Waals surface area contributed by atoms with Crippen molar-refractivity contribution in [3.8, 4) is 16.9 Å². The molecule has 3 aromatic rings. The average molecular weight is 479 g/mol. The predicted molar refractivity (Wildman–Crippen MR) is 133 cm³/mol. The number of hydrogen-bond acceptors (Lipinski definition) is 4. The number of hydrogen-bond donors (Lipinski definition) is 1. The number of imidazole rings is 1. The second-order valence-corrected chi connectivity index (χ2v) is 9.18. The number of nitrogens with one attached hydrogen (secondary N) is 1. The maximum atomic E-state index is 14.3. The highest BCUT2D eigenvalue weighted by Crippen LogP contribution is 2.25. The van der Waals surface area contributed by atoms with Gasteiger partial charge in [0.05, 0.1) is 17.5 Å². The number of rotatable bonds is 8. The monoisotopic (exact) mass is 478 g/mol. The molecule has 7 nitrogen and oxygen atoms in total. The SMILES string of the molecule is Cc1ccc(-n2cc(-c3ccccc3)nc2NC(=O)CN(C[C@H]2CCCO2)C(=O)C(C)C)cc1F. The van der Waals surface area contributed by atoms with Crippen molar-refractivity contribution < 1.29 is 18.7 Å². The minimum absolute atomic E-state index is 0.0623. The van der Waals surface area contributed by atoms with Gasteiger partial charge in [-0.05, 0) is 37.5 Å². The Bertz CT molecular complexity index is 1190. The van der Waals surface area contributed by atoms with Crippen molar-refractivity contribution >= 4 is 17.8 Å². The summed E-state index contributed by atoms with van der Waals surface area (Å²) >= 11 is 0. The van der Waals surface area contributed by atoms with Crippen LogP contribution in [0.1, 0.15) is 32.3 Å². The number of nitrogens with zero attached hydrogens (tertiary/aromatic N) is 3. The number of amides is 2. The number of anilines is 1. The van der Waals surface area contributed by atoms with Crippen LogP contribution >= 0.6 is 0 Å². The normalized spacial score (nSPS) is 15.4. The minimum Gasteiger partial charge on any atom is -0.376 e. The summed E-state index contributed by atoms with van der Waals surface area (Å²) in [6.07, 6.45) is 3.52. The molecule has 2 aromatic carbocycles. The van der Waals surface area contributed by atoms with Gasteiger partial charge in [0.25, 0.3) is 0 Å². The van der Waals surface area contributed by atoms with E-state index in [1.807, 2.05) is 44.2 Å². The molecule has 2 amide bonds. The third kappa shape index (κ3) is 5.95. The van der Waals surface area contributed by atoms with Gasteiger partial charge in [0.2, 0.25) is 17.8 Å². The smallest absolute Gasteiger partial charge is 0.246 e. The van der Waals surface area contributed by atoms with Crippen LogP contribution in [-0.2, 0) is 14.3 Å². The standard InChI is InChI=1S/C27H31FN4O3/c1-18(2)26(34)31(15-22-10-7-13-35-22)17-25(33)30-27-29-24(20-8-5-4-6-9-20)16-32(27)21-12-11-19(3)23(28)14-21/h4-6,8-9,11-12,14,16,18,22H,7,10,13,15,17H2,1-3H3,(H,29,30,33)/t22-/m1/s1. The van der Waals surface area contributed by atoms with Crippen LogP contribution in [0.3, 0.4) is 0 Å². The molecule has 1 aliphatic heterocycles. The first-order valence-electron chi connectivity index (χ1n) is 11.9. The highest BCUT2D eigenvalue weighted by atomic mass is 19.1. The van der Waals surface area contributed by atoms with Crippen LogP contribution < -0.4 is 5.32 Å². The summed E-state index contributed by atoms with van der Waals surface area (Å²) in [5.41, 5.74) is 2.56. The van der Waals surface area contributed by atoms with Gasteiger partial charge in [-0.1, -0.05) is 50.2 Å². The quantitative estimate of drug-likeness (QED) is 0.514. The molecular formula is C27H31FN4O3. The van der Waals surface area contributed by atoms with Gasteiger partial charge < -0.3 is 9.64 Å². The topological polar surface area (TPSA) is 76.5 Å². The van der Waals surface area contributed by atoms with Crippen LogP contribution in [0.25, 0.3) is 16.9 Å². The third-order valence-corrected chi connectivity index (χ3v) is 6.05. The molecule has 184 valence electrons. The first-order valence-corrected chi connectivity index (χ1v) is 11.9. The lowest BCUT2D eigenvalue weighted by Gasteiger charge is -2.26. The Morgan fingerprint density at radius 3 is 2.66 bits per heavy atom. The summed E-state index contributed by atoms with van der Waals surface area (Å²) < 4.78 is 21.7. The van der Waals surface area contributed by atoms with Gasteiger partial charge in [0, 0.05) is 30.8 Å². The largest absolute Gasteiger partial charge is 0.376 e. The van der Waals surface area contributed by atoms with Gasteiger partial charge >= 0.3 is 0 Å². The van der Waals surface area contributed by atoms with Crippen molar-refractivity contribution in [1.29, 1.82) is 0 Å². The van der Waals surface area contributed by atoms with E-state index in [4.69, 9.17) is 4.74 Å². The number of aromatic nitrogens is 2. The molecule has 0 bridgehead atoms. The fraction of sp³-hybridized carbons (Fsp3) is 0.370. The van der Waals surface area contributed by atoms with Crippen molar-refractivity contribution in [2.24, 2.45) is 5.92 Å². The molecule has 2 heterocycles. The second-order valence-electron chi connectivity index (χ2n) is 9.18. The van der Waals surface area contributed by atoms with Gasteiger partial charge in [0.1, 0.15) is 12.4 Å². The number of halogens is 1. The highest BCUT2D eigenvalue weighted by Gasteiger charge is 2.26. The van der Waals surface area contributed by atoms with Gasteiger partial charge in [-0.3, -0.25) is 19.5 Å². The van der Waals surface area contributed by atoms with Gasteiger partial charge in [0.15, 0.2) is 0 Å². The van der Waals surface area contributed by atoms with Gasteiger partial charge in [-0.2, -0.15) is 0 Å². The van der Waals surface area contributed by atoms with Crippen LogP contribution in [0.5, 0.6) is 0 Å². The van der Waals surface area contributed by atoms with Crippen molar-refractivity contribution in [1.82, 2.24) is 14.5 Å². The van der Waals surface area contributed by atoms with Crippen molar-refractivity contribution in [3.63, 3.8) is 0 Å². The number of benzene rings is 2. The summed E-state index contributed by atoms with van der Waals surface area (Å²) in [6, 6.07) is 14.4. The molecule has 0 aliphatic carbocycles. The first kappa shape index (κ1) is 24.6. The van der Waals surface area contributed by atoms with Gasteiger partial charge in [-0.25, -0.2) is 9.37 Å². The number of carbonyl (C=O) groups is 2. The summed E-state index contributed by atoms with van der Waals surface area (Å²) in [4.78, 5) is 32.1. The molecule has 0 radical (unpaired) electrons. The Morgan fingerprint density at radius 2 is 2.00 bits per heavy atom. The predicted octanol–water partition coefficient (Wildman–Crippen LogP) is 4.59. The van der Waals surface area contributed by atoms with E-state index < -0.39 is 0 Å². The van der Waals surface area contributed by atoms with Crippen molar-refractivity contribution in [3.05, 3.63) is 66.1 Å². The maximum Gasteiger partial charge on any atom is 0.246 e. The average Bonchev–Trinajstić information content (AvgIpc) is 3.50. The maximum absolute atomic E-state index is 14.3. The summed E-state index contributed by atoms with van der Waals surface area (Å²) in [5.74, 6) is -0.821. The first-order chi connectivity index (χ1) is 16.8. The zero-order valence-electron chi connectivity index (χ0n) is 20.3. The molecule has 1 fully saturated rings. The Hall–Kier alpha value is -3.52. The fourth-order valence-electron chi connectivity index (χ4n) is 4.11. The molecule has 1 aliphatic rings. The van der Waals surface area contributed by atoms with E-state index in [1.165, 1.54) is 6.07 Å². The van der Waals surface area contributed by atoms with E-state index in [1.54, 1.807) is 34.7 Å². The zero-order chi connectivity index (χ0) is 24.9. The number of carbonyl (C=O) groups excluding carboxylic acids is 2. The molecule has 8 heteroatoms. The zero-order valence-corrected chi connectivity index (χ0v) is 20.3. The Labute approximate surface area is 204 Å². The molecular weight excluding hydrogens is 447 g/mol. The Morgan fingerprint density at radius 1 is 1.23 bits per heavy atom. The highest BCUT2D eigenvalue weighted by molar-refractivity contribution is 5.94. The molecule has 4 rings (SSSR count). The molecule has 35 heavy (non-hydrogen) atoms. The van der Waals surface area contributed by atoms with E-state index in [0.717, 1.165) is 18.4 Å². The molecule has 0 unspecified atom stereocenters. The van der Waals surface area contributed by atoms with E-state index in [-0.39, 0.29) is 42.1 Å². The molecule has 0 spiro atoms. The lowest BCUT2D eigenvalue weighted by Crippen LogP contribution is -2.44. The minimum atomic E-state index is -0.379. The van der Waals surface area contributed by atoms with Crippen LogP contribution in [0, 0.1) is 18.7 Å². The molecule has 0 saturated carbocycles. The van der Waals surface area contributed by atoms with Crippen molar-refractivity contribution in [2.75, 3.05) is 25.0 Å². The van der Waals surface area contributed by atoms with Crippen LogP contribution in [0.2, 0.25) is 0 Å². The third-order valence-electron chi connectivity index (χ3n) is 6.05. The van der Waals surface area contributed by atoms with Crippen LogP contribution in [0.4, 0.5) is 10.3 Å². The molecule has 1 aromatic heterocycles. The van der Waals surface area contributed by atoms with Gasteiger partial charge in [-0.15, -0.1) is 0 Å².